The molecule has 1 heterocycles. The van der Waals surface area contributed by atoms with Gasteiger partial charge >= 0.3 is 5.97 Å². The molecule has 0 bridgehead atoms. The molecule has 1 aromatic rings. The molecule has 0 amide bonds. The van der Waals surface area contributed by atoms with Gasteiger partial charge in [-0.15, -0.1) is 0 Å². The second kappa shape index (κ2) is 5.11. The molecule has 0 aliphatic carbocycles. The number of nitrogens with zero attached hydrogens (tertiary/aromatic N) is 1. The summed E-state index contributed by atoms with van der Waals surface area (Å²) in [5.74, 6) is -0.860. The van der Waals surface area contributed by atoms with Crippen LogP contribution >= 0.6 is 0 Å². The number of carbonyl (C=O) groups excluding carboxylic acids is 1. The Morgan fingerprint density at radius 3 is 3.14 bits per heavy atom. The Bertz CT molecular complexity index is 350. The van der Waals surface area contributed by atoms with Crippen LogP contribution in [-0.4, -0.2) is 18.1 Å². The molecular formula is C10H10FNO2. The average molecular weight is 195 g/mol. The van der Waals surface area contributed by atoms with Gasteiger partial charge in [0.15, 0.2) is 0 Å². The lowest BCUT2D eigenvalue weighted by molar-refractivity contribution is -0.139. The third kappa shape index (κ3) is 3.35. The number of methoxy groups -OCH3 is 1. The van der Waals surface area contributed by atoms with Gasteiger partial charge in [-0.05, 0) is 11.6 Å². The van der Waals surface area contributed by atoms with Gasteiger partial charge in [0.25, 0.3) is 0 Å². The summed E-state index contributed by atoms with van der Waals surface area (Å²) in [6, 6.07) is 2.94. The summed E-state index contributed by atoms with van der Waals surface area (Å²) in [7, 11) is 1.32. The van der Waals surface area contributed by atoms with Crippen molar-refractivity contribution in [2.75, 3.05) is 7.11 Å². The van der Waals surface area contributed by atoms with E-state index in [1.54, 1.807) is 18.2 Å². The van der Waals surface area contributed by atoms with Gasteiger partial charge in [0.1, 0.15) is 0 Å². The van der Waals surface area contributed by atoms with Gasteiger partial charge in [-0.25, -0.2) is 4.98 Å². The Morgan fingerprint density at radius 2 is 2.50 bits per heavy atom. The minimum atomic E-state index is -0.537. The number of hydrogen-bond donors (Lipinski definition) is 0. The first-order valence-corrected chi connectivity index (χ1v) is 4.07. The van der Waals surface area contributed by atoms with E-state index in [1.165, 1.54) is 19.4 Å². The van der Waals surface area contributed by atoms with Gasteiger partial charge < -0.3 is 4.74 Å². The van der Waals surface area contributed by atoms with Crippen LogP contribution in [-0.2, 0) is 9.53 Å². The molecule has 0 saturated heterocycles. The molecule has 0 unspecified atom stereocenters. The van der Waals surface area contributed by atoms with Gasteiger partial charge in [-0.1, -0.05) is 12.2 Å². The van der Waals surface area contributed by atoms with Crippen molar-refractivity contribution in [1.29, 1.82) is 0 Å². The topological polar surface area (TPSA) is 39.2 Å². The molecular weight excluding hydrogens is 185 g/mol. The van der Waals surface area contributed by atoms with Crippen LogP contribution in [0.5, 0.6) is 0 Å². The predicted molar refractivity (Wildman–Crippen MR) is 49.9 cm³/mol. The summed E-state index contributed by atoms with van der Waals surface area (Å²) in [6.45, 7) is 0. The third-order valence-corrected chi connectivity index (χ3v) is 1.57. The van der Waals surface area contributed by atoms with E-state index in [-0.39, 0.29) is 12.4 Å². The highest BCUT2D eigenvalue weighted by atomic mass is 19.1. The molecule has 0 N–H and O–H groups in total. The van der Waals surface area contributed by atoms with Crippen molar-refractivity contribution in [3.05, 3.63) is 35.9 Å². The molecule has 1 aromatic heterocycles. The van der Waals surface area contributed by atoms with Gasteiger partial charge in [0.2, 0.25) is 5.95 Å². The van der Waals surface area contributed by atoms with Gasteiger partial charge in [-0.2, -0.15) is 4.39 Å². The summed E-state index contributed by atoms with van der Waals surface area (Å²) in [5, 5.41) is 0. The van der Waals surface area contributed by atoms with Crippen LogP contribution in [0.2, 0.25) is 0 Å². The molecule has 1 rings (SSSR count). The van der Waals surface area contributed by atoms with Crippen molar-refractivity contribution in [1.82, 2.24) is 4.98 Å². The zero-order valence-electron chi connectivity index (χ0n) is 7.74. The normalized spacial score (nSPS) is 10.4. The minimum Gasteiger partial charge on any atom is -0.469 e. The van der Waals surface area contributed by atoms with E-state index in [1.807, 2.05) is 0 Å². The van der Waals surface area contributed by atoms with Gasteiger partial charge in [-0.3, -0.25) is 4.79 Å². The van der Waals surface area contributed by atoms with Crippen molar-refractivity contribution in [2.24, 2.45) is 0 Å². The van der Waals surface area contributed by atoms with Crippen LogP contribution in [0.25, 0.3) is 6.08 Å². The highest BCUT2D eigenvalue weighted by Crippen LogP contribution is 2.03. The Labute approximate surface area is 81.2 Å². The Hall–Kier alpha value is -1.71. The highest BCUT2D eigenvalue weighted by Gasteiger charge is 1.95. The maximum Gasteiger partial charge on any atom is 0.309 e. The molecule has 14 heavy (non-hydrogen) atoms. The smallest absolute Gasteiger partial charge is 0.309 e. The molecule has 0 spiro atoms. The number of pyridine rings is 1. The Morgan fingerprint density at radius 1 is 1.71 bits per heavy atom. The minimum absolute atomic E-state index is 0.181. The van der Waals surface area contributed by atoms with Crippen LogP contribution in [0.4, 0.5) is 4.39 Å². The highest BCUT2D eigenvalue weighted by molar-refractivity contribution is 5.72. The molecule has 4 heteroatoms. The number of ether oxygens (including phenoxy) is 1. The van der Waals surface area contributed by atoms with Crippen LogP contribution in [0, 0.1) is 5.95 Å². The van der Waals surface area contributed by atoms with Crippen molar-refractivity contribution in [3.63, 3.8) is 0 Å². The fourth-order valence-corrected chi connectivity index (χ4v) is 0.896. The van der Waals surface area contributed by atoms with Crippen molar-refractivity contribution >= 4 is 12.0 Å². The van der Waals surface area contributed by atoms with E-state index in [4.69, 9.17) is 0 Å². The van der Waals surface area contributed by atoms with Crippen molar-refractivity contribution < 1.29 is 13.9 Å². The fraction of sp³-hybridized carbons (Fsp3) is 0.200. The van der Waals surface area contributed by atoms with E-state index < -0.39 is 5.95 Å². The van der Waals surface area contributed by atoms with Crippen LogP contribution < -0.4 is 0 Å². The molecule has 0 radical (unpaired) electrons. The maximum absolute atomic E-state index is 12.6. The second-order valence-electron chi connectivity index (χ2n) is 2.59. The first-order valence-electron chi connectivity index (χ1n) is 4.07. The van der Waals surface area contributed by atoms with E-state index in [2.05, 4.69) is 9.72 Å². The van der Waals surface area contributed by atoms with Crippen LogP contribution in [0.3, 0.4) is 0 Å². The molecule has 0 aliphatic rings. The zero-order chi connectivity index (χ0) is 10.4. The van der Waals surface area contributed by atoms with Crippen LogP contribution in [0.15, 0.2) is 24.4 Å². The summed E-state index contributed by atoms with van der Waals surface area (Å²) in [5.41, 5.74) is 0.668. The molecule has 0 atom stereocenters. The van der Waals surface area contributed by atoms with Crippen LogP contribution in [0.1, 0.15) is 12.0 Å². The van der Waals surface area contributed by atoms with E-state index >= 15 is 0 Å². The van der Waals surface area contributed by atoms with E-state index in [0.29, 0.717) is 5.56 Å². The summed E-state index contributed by atoms with van der Waals surface area (Å²) in [4.78, 5) is 14.1. The molecule has 0 aliphatic heterocycles. The molecule has 0 fully saturated rings. The van der Waals surface area contributed by atoms with E-state index in [9.17, 15) is 9.18 Å². The number of halogens is 1. The first kappa shape index (κ1) is 10.4. The Kier molecular flexibility index (Phi) is 3.79. The third-order valence-electron chi connectivity index (χ3n) is 1.57. The molecule has 74 valence electrons. The largest absolute Gasteiger partial charge is 0.469 e. The standard InChI is InChI=1S/C10H10FNO2/c1-14-10(13)4-2-3-8-5-6-12-9(11)7-8/h2-3,5-7H,4H2,1H3. The monoisotopic (exact) mass is 195 g/mol. The number of carbonyl (C=O) groups is 1. The number of esters is 1. The maximum atomic E-state index is 12.6. The molecule has 0 aromatic carbocycles. The fourth-order valence-electron chi connectivity index (χ4n) is 0.896. The summed E-state index contributed by atoms with van der Waals surface area (Å²) < 4.78 is 17.0. The Balaban J connectivity index is 2.56. The quantitative estimate of drug-likeness (QED) is 0.545. The lowest BCUT2D eigenvalue weighted by Crippen LogP contribution is -1.96. The number of aromatic nitrogens is 1. The SMILES string of the molecule is COC(=O)CC=Cc1ccnc(F)c1. The van der Waals surface area contributed by atoms with Gasteiger partial charge in [0, 0.05) is 12.3 Å². The lowest BCUT2D eigenvalue weighted by atomic mass is 10.2. The van der Waals surface area contributed by atoms with E-state index in [0.717, 1.165) is 0 Å². The zero-order valence-corrected chi connectivity index (χ0v) is 7.74. The summed E-state index contributed by atoms with van der Waals surface area (Å²) in [6.07, 6.45) is 4.80. The number of rotatable bonds is 3. The second-order valence-corrected chi connectivity index (χ2v) is 2.59. The number of hydrogen-bond acceptors (Lipinski definition) is 3. The van der Waals surface area contributed by atoms with Crippen molar-refractivity contribution in [2.45, 2.75) is 6.42 Å². The predicted octanol–water partition coefficient (Wildman–Crippen LogP) is 1.80. The van der Waals surface area contributed by atoms with Crippen molar-refractivity contribution in [3.8, 4) is 0 Å². The molecule has 3 nitrogen and oxygen atoms in total. The lowest BCUT2D eigenvalue weighted by Gasteiger charge is -1.93. The van der Waals surface area contributed by atoms with Gasteiger partial charge in [0.05, 0.1) is 13.5 Å². The molecule has 0 saturated carbocycles. The first-order chi connectivity index (χ1) is 6.72. The summed E-state index contributed by atoms with van der Waals surface area (Å²) >= 11 is 0. The average Bonchev–Trinajstić information content (AvgIpc) is 2.17.